The van der Waals surface area contributed by atoms with Gasteiger partial charge >= 0.3 is 0 Å². The van der Waals surface area contributed by atoms with E-state index in [4.69, 9.17) is 15.7 Å². The van der Waals surface area contributed by atoms with Gasteiger partial charge in [-0.1, -0.05) is 0 Å². The first-order valence-corrected chi connectivity index (χ1v) is 9.75. The van der Waals surface area contributed by atoms with E-state index in [-0.39, 0.29) is 5.54 Å². The Balaban J connectivity index is 1.77. The molecule has 2 aromatic heterocycles. The lowest BCUT2D eigenvalue weighted by Gasteiger charge is -2.26. The molecular formula is C20H28N8. The normalized spacial score (nSPS) is 15.7. The third kappa shape index (κ3) is 4.01. The highest BCUT2D eigenvalue weighted by Gasteiger charge is 2.23. The minimum atomic E-state index is -0.113. The third-order valence-corrected chi connectivity index (χ3v) is 4.76. The molecule has 1 fully saturated rings. The first-order valence-electron chi connectivity index (χ1n) is 9.75. The van der Waals surface area contributed by atoms with Crippen LogP contribution in [0, 0.1) is 0 Å². The summed E-state index contributed by atoms with van der Waals surface area (Å²) in [5.41, 5.74) is 9.03. The van der Waals surface area contributed by atoms with Crippen molar-refractivity contribution in [3.8, 4) is 0 Å². The van der Waals surface area contributed by atoms with E-state index in [1.165, 1.54) is 0 Å². The predicted octanol–water partition coefficient (Wildman–Crippen LogP) is 3.29. The number of hydrogen-bond donors (Lipinski definition) is 4. The summed E-state index contributed by atoms with van der Waals surface area (Å²) in [7, 11) is 0. The van der Waals surface area contributed by atoms with Crippen LogP contribution < -0.4 is 21.7 Å². The lowest BCUT2D eigenvalue weighted by atomic mass is 10.1. The van der Waals surface area contributed by atoms with Crippen molar-refractivity contribution in [2.24, 2.45) is 0 Å². The van der Waals surface area contributed by atoms with Gasteiger partial charge in [0.15, 0.2) is 5.65 Å². The molecule has 1 aliphatic heterocycles. The average molecular weight is 381 g/mol. The Kier molecular flexibility index (Phi) is 4.80. The first-order chi connectivity index (χ1) is 13.4. The van der Waals surface area contributed by atoms with Gasteiger partial charge in [0.05, 0.1) is 6.20 Å². The smallest absolute Gasteiger partial charge is 0.225 e. The molecule has 28 heavy (non-hydrogen) atoms. The summed E-state index contributed by atoms with van der Waals surface area (Å²) in [6.07, 6.45) is 3.87. The SMILES string of the molecule is CC(C)(C)Nc1ncc2nc(Nc3ccc(N)cc3)n(C3CCNCC3)c2n1. The molecular weight excluding hydrogens is 352 g/mol. The Morgan fingerprint density at radius 1 is 1.11 bits per heavy atom. The first kappa shape index (κ1) is 18.5. The van der Waals surface area contributed by atoms with Crippen LogP contribution in [0.1, 0.15) is 39.7 Å². The predicted molar refractivity (Wildman–Crippen MR) is 114 cm³/mol. The molecule has 1 saturated heterocycles. The number of nitrogens with one attached hydrogen (secondary N) is 3. The van der Waals surface area contributed by atoms with E-state index in [1.54, 1.807) is 6.20 Å². The van der Waals surface area contributed by atoms with Gasteiger partial charge in [0.2, 0.25) is 11.9 Å². The topological polar surface area (TPSA) is 106 Å². The maximum absolute atomic E-state index is 5.81. The van der Waals surface area contributed by atoms with Gasteiger partial charge in [-0.25, -0.2) is 9.97 Å². The van der Waals surface area contributed by atoms with Gasteiger partial charge in [0.1, 0.15) is 5.52 Å². The fraction of sp³-hybridized carbons (Fsp3) is 0.450. The molecule has 0 amide bonds. The summed E-state index contributed by atoms with van der Waals surface area (Å²) in [4.78, 5) is 14.1. The molecule has 148 valence electrons. The van der Waals surface area contributed by atoms with E-state index in [2.05, 4.69) is 46.3 Å². The van der Waals surface area contributed by atoms with Crippen molar-refractivity contribution in [1.29, 1.82) is 0 Å². The Bertz CT molecular complexity index is 949. The molecule has 0 saturated carbocycles. The van der Waals surface area contributed by atoms with Crippen LogP contribution in [0.3, 0.4) is 0 Å². The van der Waals surface area contributed by atoms with Gasteiger partial charge in [0, 0.05) is 23.0 Å². The fourth-order valence-electron chi connectivity index (χ4n) is 3.48. The van der Waals surface area contributed by atoms with Gasteiger partial charge in [-0.2, -0.15) is 4.98 Å². The van der Waals surface area contributed by atoms with Gasteiger partial charge in [-0.05, 0) is 71.0 Å². The van der Waals surface area contributed by atoms with Crippen molar-refractivity contribution < 1.29 is 0 Å². The quantitative estimate of drug-likeness (QED) is 0.515. The number of piperidine rings is 1. The highest BCUT2D eigenvalue weighted by molar-refractivity contribution is 5.76. The monoisotopic (exact) mass is 380 g/mol. The van der Waals surface area contributed by atoms with Crippen LogP contribution in [0.5, 0.6) is 0 Å². The minimum absolute atomic E-state index is 0.113. The Labute approximate surface area is 165 Å². The lowest BCUT2D eigenvalue weighted by Crippen LogP contribution is -2.30. The minimum Gasteiger partial charge on any atom is -0.399 e. The second-order valence-electron chi connectivity index (χ2n) is 8.31. The zero-order valence-electron chi connectivity index (χ0n) is 16.7. The molecule has 0 aliphatic carbocycles. The van der Waals surface area contributed by atoms with Gasteiger partial charge in [0.25, 0.3) is 0 Å². The Morgan fingerprint density at radius 2 is 1.82 bits per heavy atom. The molecule has 8 nitrogen and oxygen atoms in total. The van der Waals surface area contributed by atoms with Gasteiger partial charge in [-0.3, -0.25) is 4.57 Å². The molecule has 0 bridgehead atoms. The second kappa shape index (κ2) is 7.27. The van der Waals surface area contributed by atoms with E-state index >= 15 is 0 Å². The van der Waals surface area contributed by atoms with E-state index in [0.717, 1.165) is 54.4 Å². The summed E-state index contributed by atoms with van der Waals surface area (Å²) in [6, 6.07) is 8.01. The maximum Gasteiger partial charge on any atom is 0.225 e. The summed E-state index contributed by atoms with van der Waals surface area (Å²) in [5, 5.41) is 10.2. The number of anilines is 4. The van der Waals surface area contributed by atoms with Crippen LogP contribution in [-0.4, -0.2) is 38.1 Å². The fourth-order valence-corrected chi connectivity index (χ4v) is 3.48. The summed E-state index contributed by atoms with van der Waals surface area (Å²) < 4.78 is 2.22. The molecule has 0 unspecified atom stereocenters. The van der Waals surface area contributed by atoms with E-state index in [9.17, 15) is 0 Å². The molecule has 3 heterocycles. The number of hydrogen-bond acceptors (Lipinski definition) is 7. The van der Waals surface area contributed by atoms with Crippen molar-refractivity contribution in [1.82, 2.24) is 24.8 Å². The van der Waals surface area contributed by atoms with Gasteiger partial charge in [-0.15, -0.1) is 0 Å². The summed E-state index contributed by atoms with van der Waals surface area (Å²) in [6.45, 7) is 8.27. The third-order valence-electron chi connectivity index (χ3n) is 4.76. The van der Waals surface area contributed by atoms with Crippen LogP contribution in [-0.2, 0) is 0 Å². The van der Waals surface area contributed by atoms with Crippen molar-refractivity contribution in [3.63, 3.8) is 0 Å². The standard InChI is InChI=1S/C20H28N8/c1-20(2,3)27-18-23-12-16-17(26-18)28(15-8-10-22-11-9-15)19(25-16)24-14-6-4-13(21)5-7-14/h4-7,12,15,22H,8-11,21H2,1-3H3,(H,24,25)(H,23,26,27). The zero-order valence-corrected chi connectivity index (χ0v) is 16.7. The molecule has 3 aromatic rings. The highest BCUT2D eigenvalue weighted by atomic mass is 15.3. The number of nitrogen functional groups attached to an aromatic ring is 1. The number of nitrogens with zero attached hydrogens (tertiary/aromatic N) is 4. The van der Waals surface area contributed by atoms with E-state index in [1.807, 2.05) is 24.3 Å². The number of rotatable bonds is 4. The molecule has 0 radical (unpaired) electrons. The van der Waals surface area contributed by atoms with Crippen LogP contribution in [0.2, 0.25) is 0 Å². The van der Waals surface area contributed by atoms with Crippen LogP contribution >= 0.6 is 0 Å². The number of aromatic nitrogens is 4. The largest absolute Gasteiger partial charge is 0.399 e. The summed E-state index contributed by atoms with van der Waals surface area (Å²) >= 11 is 0. The van der Waals surface area contributed by atoms with Crippen LogP contribution in [0.15, 0.2) is 30.5 Å². The maximum atomic E-state index is 5.81. The van der Waals surface area contributed by atoms with Crippen LogP contribution in [0.25, 0.3) is 11.2 Å². The molecule has 5 N–H and O–H groups in total. The number of benzene rings is 1. The zero-order chi connectivity index (χ0) is 19.7. The molecule has 1 aromatic carbocycles. The Hall–Kier alpha value is -2.87. The van der Waals surface area contributed by atoms with E-state index in [0.29, 0.717) is 12.0 Å². The van der Waals surface area contributed by atoms with E-state index < -0.39 is 0 Å². The molecule has 1 aliphatic rings. The van der Waals surface area contributed by atoms with Crippen molar-refractivity contribution in [2.45, 2.75) is 45.2 Å². The number of fused-ring (bicyclic) bond motifs is 1. The molecule has 4 rings (SSSR count). The molecule has 8 heteroatoms. The van der Waals surface area contributed by atoms with Crippen molar-refractivity contribution in [3.05, 3.63) is 30.5 Å². The Morgan fingerprint density at radius 3 is 2.50 bits per heavy atom. The number of nitrogens with two attached hydrogens (primary N) is 1. The van der Waals surface area contributed by atoms with Crippen LogP contribution in [0.4, 0.5) is 23.3 Å². The highest BCUT2D eigenvalue weighted by Crippen LogP contribution is 2.30. The summed E-state index contributed by atoms with van der Waals surface area (Å²) in [5.74, 6) is 1.41. The number of imidazole rings is 1. The van der Waals surface area contributed by atoms with Crippen molar-refractivity contribution in [2.75, 3.05) is 29.5 Å². The molecule has 0 atom stereocenters. The van der Waals surface area contributed by atoms with Gasteiger partial charge < -0.3 is 21.7 Å². The lowest BCUT2D eigenvalue weighted by molar-refractivity contribution is 0.377. The van der Waals surface area contributed by atoms with Crippen molar-refractivity contribution >= 4 is 34.4 Å². The second-order valence-corrected chi connectivity index (χ2v) is 8.31. The average Bonchev–Trinajstić information content (AvgIpc) is 3.00. The molecule has 0 spiro atoms.